The average molecular weight is 272 g/mol. The van der Waals surface area contributed by atoms with Gasteiger partial charge in [0.05, 0.1) is 6.61 Å². The highest BCUT2D eigenvalue weighted by atomic mass is 19.2. The van der Waals surface area contributed by atoms with Gasteiger partial charge in [-0.2, -0.15) is 0 Å². The number of hydrogen-bond acceptors (Lipinski definition) is 3. The summed E-state index contributed by atoms with van der Waals surface area (Å²) in [6.07, 6.45) is 1.50. The average Bonchev–Trinajstić information content (AvgIpc) is 2.39. The van der Waals surface area contributed by atoms with E-state index in [2.05, 4.69) is 11.8 Å². The summed E-state index contributed by atoms with van der Waals surface area (Å²) in [5.74, 6) is -1.73. The van der Waals surface area contributed by atoms with Crippen molar-refractivity contribution < 1.29 is 13.9 Å². The highest BCUT2D eigenvalue weighted by molar-refractivity contribution is 5.22. The third-order valence-corrected chi connectivity index (χ3v) is 3.09. The summed E-state index contributed by atoms with van der Waals surface area (Å²) in [6, 6.07) is 3.53. The van der Waals surface area contributed by atoms with Gasteiger partial charge in [0.1, 0.15) is 0 Å². The van der Waals surface area contributed by atoms with Gasteiger partial charge in [-0.3, -0.25) is 0 Å². The SMILES string of the molecule is CCCN(CCO)CCC(N)c1cccc(F)c1F. The lowest BCUT2D eigenvalue weighted by Crippen LogP contribution is -2.31. The molecule has 0 aliphatic carbocycles. The van der Waals surface area contributed by atoms with Gasteiger partial charge < -0.3 is 15.7 Å². The first kappa shape index (κ1) is 16.0. The van der Waals surface area contributed by atoms with Gasteiger partial charge >= 0.3 is 0 Å². The van der Waals surface area contributed by atoms with Crippen molar-refractivity contribution in [3.05, 3.63) is 35.4 Å². The zero-order valence-corrected chi connectivity index (χ0v) is 11.3. The number of aliphatic hydroxyl groups excluding tert-OH is 1. The first-order chi connectivity index (χ1) is 9.10. The van der Waals surface area contributed by atoms with E-state index in [9.17, 15) is 8.78 Å². The minimum absolute atomic E-state index is 0.0869. The van der Waals surface area contributed by atoms with Crippen LogP contribution in [0.25, 0.3) is 0 Å². The molecule has 1 aromatic carbocycles. The summed E-state index contributed by atoms with van der Waals surface area (Å²) >= 11 is 0. The molecule has 0 saturated carbocycles. The summed E-state index contributed by atoms with van der Waals surface area (Å²) in [4.78, 5) is 2.07. The Morgan fingerprint density at radius 3 is 2.63 bits per heavy atom. The Bertz CT molecular complexity index is 382. The molecule has 0 fully saturated rings. The first-order valence-electron chi connectivity index (χ1n) is 6.62. The molecule has 3 nitrogen and oxygen atoms in total. The zero-order valence-electron chi connectivity index (χ0n) is 11.3. The van der Waals surface area contributed by atoms with Gasteiger partial charge in [-0.05, 0) is 25.5 Å². The molecule has 3 N–H and O–H groups in total. The van der Waals surface area contributed by atoms with Crippen LogP contribution in [-0.2, 0) is 0 Å². The Balaban J connectivity index is 2.58. The van der Waals surface area contributed by atoms with Crippen LogP contribution in [0.15, 0.2) is 18.2 Å². The smallest absolute Gasteiger partial charge is 0.163 e. The summed E-state index contributed by atoms with van der Waals surface area (Å²) in [7, 11) is 0. The van der Waals surface area contributed by atoms with E-state index in [1.54, 1.807) is 0 Å². The number of nitrogens with zero attached hydrogens (tertiary/aromatic N) is 1. The van der Waals surface area contributed by atoms with Crippen molar-refractivity contribution >= 4 is 0 Å². The van der Waals surface area contributed by atoms with Crippen LogP contribution in [0.2, 0.25) is 0 Å². The molecule has 0 saturated heterocycles. The fourth-order valence-corrected chi connectivity index (χ4v) is 2.08. The molecule has 0 heterocycles. The molecule has 0 amide bonds. The van der Waals surface area contributed by atoms with Gasteiger partial charge in [-0.1, -0.05) is 19.1 Å². The van der Waals surface area contributed by atoms with Crippen LogP contribution >= 0.6 is 0 Å². The molecule has 0 aromatic heterocycles. The molecule has 0 spiro atoms. The lowest BCUT2D eigenvalue weighted by molar-refractivity contribution is 0.191. The van der Waals surface area contributed by atoms with E-state index in [-0.39, 0.29) is 12.2 Å². The number of rotatable bonds is 8. The molecule has 1 unspecified atom stereocenters. The number of halogens is 2. The predicted octanol–water partition coefficient (Wildman–Crippen LogP) is 2.06. The molecule has 0 aliphatic rings. The quantitative estimate of drug-likeness (QED) is 0.761. The lowest BCUT2D eigenvalue weighted by Gasteiger charge is -2.22. The molecule has 108 valence electrons. The molecule has 0 bridgehead atoms. The Morgan fingerprint density at radius 2 is 2.00 bits per heavy atom. The summed E-state index contributed by atoms with van der Waals surface area (Å²) < 4.78 is 26.7. The summed E-state index contributed by atoms with van der Waals surface area (Å²) in [5.41, 5.74) is 6.12. The standard InChI is InChI=1S/C14H22F2N2O/c1-2-7-18(9-10-19)8-6-13(17)11-4-3-5-12(15)14(11)16/h3-5,13,19H,2,6-10,17H2,1H3. The number of nitrogens with two attached hydrogens (primary N) is 1. The van der Waals surface area contributed by atoms with E-state index in [1.807, 2.05) is 0 Å². The third kappa shape index (κ3) is 4.86. The van der Waals surface area contributed by atoms with E-state index in [0.717, 1.165) is 19.0 Å². The molecular formula is C14H22F2N2O. The van der Waals surface area contributed by atoms with Gasteiger partial charge in [-0.25, -0.2) is 8.78 Å². The van der Waals surface area contributed by atoms with Crippen LogP contribution in [0.1, 0.15) is 31.4 Å². The Kier molecular flexibility index (Phi) is 6.91. The number of benzene rings is 1. The second kappa shape index (κ2) is 8.19. The van der Waals surface area contributed by atoms with Gasteiger partial charge in [-0.15, -0.1) is 0 Å². The Morgan fingerprint density at radius 1 is 1.26 bits per heavy atom. The summed E-state index contributed by atoms with van der Waals surface area (Å²) in [6.45, 7) is 4.23. The van der Waals surface area contributed by atoms with E-state index in [0.29, 0.717) is 19.5 Å². The van der Waals surface area contributed by atoms with Crippen LogP contribution in [-0.4, -0.2) is 36.2 Å². The van der Waals surface area contributed by atoms with Crippen LogP contribution in [0.5, 0.6) is 0 Å². The van der Waals surface area contributed by atoms with Crippen molar-refractivity contribution in [2.45, 2.75) is 25.8 Å². The highest BCUT2D eigenvalue weighted by Crippen LogP contribution is 2.20. The number of hydrogen-bond donors (Lipinski definition) is 2. The molecule has 19 heavy (non-hydrogen) atoms. The van der Waals surface area contributed by atoms with Crippen molar-refractivity contribution in [2.24, 2.45) is 5.73 Å². The van der Waals surface area contributed by atoms with E-state index in [1.165, 1.54) is 12.1 Å². The minimum Gasteiger partial charge on any atom is -0.395 e. The van der Waals surface area contributed by atoms with Gasteiger partial charge in [0.15, 0.2) is 11.6 Å². The largest absolute Gasteiger partial charge is 0.395 e. The zero-order chi connectivity index (χ0) is 14.3. The van der Waals surface area contributed by atoms with Gasteiger partial charge in [0.2, 0.25) is 0 Å². The van der Waals surface area contributed by atoms with Gasteiger partial charge in [0.25, 0.3) is 0 Å². The first-order valence-corrected chi connectivity index (χ1v) is 6.62. The van der Waals surface area contributed by atoms with Crippen molar-refractivity contribution in [1.29, 1.82) is 0 Å². The summed E-state index contributed by atoms with van der Waals surface area (Å²) in [5, 5.41) is 8.94. The van der Waals surface area contributed by atoms with Crippen molar-refractivity contribution in [3.8, 4) is 0 Å². The second-order valence-electron chi connectivity index (χ2n) is 4.60. The van der Waals surface area contributed by atoms with Gasteiger partial charge in [0, 0.05) is 24.7 Å². The molecule has 0 radical (unpaired) electrons. The molecule has 5 heteroatoms. The maximum absolute atomic E-state index is 13.6. The Labute approximate surface area is 113 Å². The molecule has 1 aromatic rings. The van der Waals surface area contributed by atoms with Crippen LogP contribution in [0, 0.1) is 11.6 Å². The molecule has 1 atom stereocenters. The lowest BCUT2D eigenvalue weighted by atomic mass is 10.0. The van der Waals surface area contributed by atoms with E-state index < -0.39 is 17.7 Å². The topological polar surface area (TPSA) is 49.5 Å². The molecular weight excluding hydrogens is 250 g/mol. The normalized spacial score (nSPS) is 12.9. The second-order valence-corrected chi connectivity index (χ2v) is 4.60. The molecule has 1 rings (SSSR count). The fourth-order valence-electron chi connectivity index (χ4n) is 2.08. The maximum Gasteiger partial charge on any atom is 0.163 e. The molecule has 0 aliphatic heterocycles. The van der Waals surface area contributed by atoms with Crippen LogP contribution < -0.4 is 5.73 Å². The van der Waals surface area contributed by atoms with Crippen LogP contribution in [0.3, 0.4) is 0 Å². The maximum atomic E-state index is 13.6. The van der Waals surface area contributed by atoms with Crippen molar-refractivity contribution in [2.75, 3.05) is 26.2 Å². The van der Waals surface area contributed by atoms with E-state index in [4.69, 9.17) is 10.8 Å². The Hall–Kier alpha value is -1.04. The van der Waals surface area contributed by atoms with Crippen molar-refractivity contribution in [3.63, 3.8) is 0 Å². The van der Waals surface area contributed by atoms with E-state index >= 15 is 0 Å². The number of aliphatic hydroxyl groups is 1. The van der Waals surface area contributed by atoms with Crippen molar-refractivity contribution in [1.82, 2.24) is 4.90 Å². The minimum atomic E-state index is -0.867. The van der Waals surface area contributed by atoms with Crippen LogP contribution in [0.4, 0.5) is 8.78 Å². The fraction of sp³-hybridized carbons (Fsp3) is 0.571. The predicted molar refractivity (Wildman–Crippen MR) is 71.7 cm³/mol. The highest BCUT2D eigenvalue weighted by Gasteiger charge is 2.15. The third-order valence-electron chi connectivity index (χ3n) is 3.09. The monoisotopic (exact) mass is 272 g/mol.